The fourth-order valence-electron chi connectivity index (χ4n) is 2.14. The number of hydrogen-bond donors (Lipinski definition) is 2. The van der Waals surface area contributed by atoms with Gasteiger partial charge in [-0.2, -0.15) is 0 Å². The molecule has 0 amide bonds. The Hall–Kier alpha value is -2.96. The minimum atomic E-state index is -1.72. The number of hydrogen-bond acceptors (Lipinski definition) is 4. The van der Waals surface area contributed by atoms with E-state index in [0.29, 0.717) is 6.07 Å². The SMILES string of the molecule is O=c1c(-c2ccc(F)c(F)c2F)coc2cc(O)cc(O)c12. The summed E-state index contributed by atoms with van der Waals surface area (Å²) in [6, 6.07) is 3.56. The van der Waals surface area contributed by atoms with E-state index >= 15 is 0 Å². The Balaban J connectivity index is 2.37. The Morgan fingerprint density at radius 2 is 1.68 bits per heavy atom. The van der Waals surface area contributed by atoms with E-state index < -0.39 is 34.2 Å². The van der Waals surface area contributed by atoms with Crippen molar-refractivity contribution in [2.45, 2.75) is 0 Å². The van der Waals surface area contributed by atoms with Crippen LogP contribution in [0.5, 0.6) is 11.5 Å². The maximum atomic E-state index is 13.8. The highest BCUT2D eigenvalue weighted by Gasteiger charge is 2.20. The van der Waals surface area contributed by atoms with Gasteiger partial charge in [-0.3, -0.25) is 4.79 Å². The number of fused-ring (bicyclic) bond motifs is 1. The summed E-state index contributed by atoms with van der Waals surface area (Å²) in [4.78, 5) is 12.3. The quantitative estimate of drug-likeness (QED) is 0.677. The molecule has 7 heteroatoms. The first-order valence-electron chi connectivity index (χ1n) is 6.01. The molecule has 0 bridgehead atoms. The van der Waals surface area contributed by atoms with E-state index in [0.717, 1.165) is 24.5 Å². The Kier molecular flexibility index (Phi) is 3.05. The topological polar surface area (TPSA) is 70.7 Å². The molecule has 4 nitrogen and oxygen atoms in total. The Bertz CT molecular complexity index is 963. The fraction of sp³-hybridized carbons (Fsp3) is 0. The monoisotopic (exact) mass is 308 g/mol. The lowest BCUT2D eigenvalue weighted by molar-refractivity contribution is 0.448. The van der Waals surface area contributed by atoms with Crippen LogP contribution in [0.2, 0.25) is 0 Å². The molecule has 0 atom stereocenters. The van der Waals surface area contributed by atoms with Crippen LogP contribution >= 0.6 is 0 Å². The molecule has 0 spiro atoms. The molecule has 0 saturated carbocycles. The molecule has 1 heterocycles. The van der Waals surface area contributed by atoms with Gasteiger partial charge in [-0.1, -0.05) is 0 Å². The normalized spacial score (nSPS) is 11.0. The van der Waals surface area contributed by atoms with Gasteiger partial charge < -0.3 is 14.6 Å². The molecule has 2 aromatic carbocycles. The average molecular weight is 308 g/mol. The maximum Gasteiger partial charge on any atom is 0.204 e. The number of phenolic OH excluding ortho intramolecular Hbond substituents is 2. The smallest absolute Gasteiger partial charge is 0.204 e. The molecular weight excluding hydrogens is 301 g/mol. The van der Waals surface area contributed by atoms with Crippen molar-refractivity contribution in [3.05, 3.63) is 58.2 Å². The third kappa shape index (κ3) is 1.98. The van der Waals surface area contributed by atoms with Crippen molar-refractivity contribution >= 4 is 11.0 Å². The number of halogens is 3. The van der Waals surface area contributed by atoms with Crippen LogP contribution in [0.15, 0.2) is 39.7 Å². The molecule has 0 aliphatic heterocycles. The van der Waals surface area contributed by atoms with Gasteiger partial charge in [-0.25, -0.2) is 13.2 Å². The summed E-state index contributed by atoms with van der Waals surface area (Å²) in [5.41, 5.74) is -1.86. The second kappa shape index (κ2) is 4.80. The fourth-order valence-corrected chi connectivity index (χ4v) is 2.14. The van der Waals surface area contributed by atoms with Crippen LogP contribution in [-0.4, -0.2) is 10.2 Å². The molecule has 3 rings (SSSR count). The van der Waals surface area contributed by atoms with Gasteiger partial charge in [0.25, 0.3) is 0 Å². The predicted octanol–water partition coefficient (Wildman–Crippen LogP) is 3.29. The van der Waals surface area contributed by atoms with Crippen LogP contribution in [0.4, 0.5) is 13.2 Å². The van der Waals surface area contributed by atoms with Crippen LogP contribution < -0.4 is 5.43 Å². The van der Waals surface area contributed by atoms with Crippen LogP contribution in [-0.2, 0) is 0 Å². The summed E-state index contributed by atoms with van der Waals surface area (Å²) in [5, 5.41) is 18.7. The van der Waals surface area contributed by atoms with E-state index in [1.165, 1.54) is 0 Å². The highest BCUT2D eigenvalue weighted by Crippen LogP contribution is 2.30. The molecular formula is C15H7F3O4. The highest BCUT2D eigenvalue weighted by atomic mass is 19.2. The third-order valence-corrected chi connectivity index (χ3v) is 3.17. The molecule has 0 aliphatic carbocycles. The van der Waals surface area contributed by atoms with Crippen LogP contribution in [0.25, 0.3) is 22.1 Å². The van der Waals surface area contributed by atoms with E-state index in [4.69, 9.17) is 4.42 Å². The summed E-state index contributed by atoms with van der Waals surface area (Å²) in [6.45, 7) is 0. The number of benzene rings is 2. The highest BCUT2D eigenvalue weighted by molar-refractivity contribution is 5.88. The van der Waals surface area contributed by atoms with E-state index in [1.54, 1.807) is 0 Å². The Morgan fingerprint density at radius 3 is 2.41 bits per heavy atom. The van der Waals surface area contributed by atoms with Gasteiger partial charge in [0.2, 0.25) is 5.43 Å². The lowest BCUT2D eigenvalue weighted by Gasteiger charge is -2.06. The van der Waals surface area contributed by atoms with Crippen LogP contribution in [0.1, 0.15) is 0 Å². The minimum Gasteiger partial charge on any atom is -0.508 e. The second-order valence-corrected chi connectivity index (χ2v) is 4.54. The van der Waals surface area contributed by atoms with Crippen LogP contribution in [0, 0.1) is 17.5 Å². The molecule has 0 radical (unpaired) electrons. The molecule has 1 aromatic heterocycles. The Morgan fingerprint density at radius 1 is 0.955 bits per heavy atom. The van der Waals surface area contributed by atoms with Crippen molar-refractivity contribution in [2.24, 2.45) is 0 Å². The molecule has 22 heavy (non-hydrogen) atoms. The Labute approximate surface area is 120 Å². The van der Waals surface area contributed by atoms with Gasteiger partial charge in [0, 0.05) is 17.7 Å². The van der Waals surface area contributed by atoms with E-state index in [1.807, 2.05) is 0 Å². The largest absolute Gasteiger partial charge is 0.508 e. The zero-order chi connectivity index (χ0) is 16.0. The maximum absolute atomic E-state index is 13.8. The summed E-state index contributed by atoms with van der Waals surface area (Å²) in [7, 11) is 0. The van der Waals surface area contributed by atoms with Gasteiger partial charge in [-0.05, 0) is 12.1 Å². The van der Waals surface area contributed by atoms with Crippen LogP contribution in [0.3, 0.4) is 0 Å². The molecule has 0 fully saturated rings. The van der Waals surface area contributed by atoms with Gasteiger partial charge in [0.05, 0.1) is 5.56 Å². The lowest BCUT2D eigenvalue weighted by Crippen LogP contribution is -2.07. The first-order chi connectivity index (χ1) is 10.4. The van der Waals surface area contributed by atoms with E-state index in [2.05, 4.69) is 0 Å². The lowest BCUT2D eigenvalue weighted by atomic mass is 10.0. The molecule has 0 saturated heterocycles. The number of rotatable bonds is 1. The van der Waals surface area contributed by atoms with Crippen molar-refractivity contribution < 1.29 is 27.8 Å². The van der Waals surface area contributed by atoms with E-state index in [9.17, 15) is 28.2 Å². The third-order valence-electron chi connectivity index (χ3n) is 3.17. The van der Waals surface area contributed by atoms with Crippen molar-refractivity contribution in [3.8, 4) is 22.6 Å². The van der Waals surface area contributed by atoms with Crippen molar-refractivity contribution in [2.75, 3.05) is 0 Å². The zero-order valence-corrected chi connectivity index (χ0v) is 10.7. The molecule has 0 aliphatic rings. The predicted molar refractivity (Wildman–Crippen MR) is 71.1 cm³/mol. The minimum absolute atomic E-state index is 0.130. The first kappa shape index (κ1) is 14.0. The number of phenols is 2. The summed E-state index contributed by atoms with van der Waals surface area (Å²) < 4.78 is 45.1. The summed E-state index contributed by atoms with van der Waals surface area (Å²) in [6.07, 6.45) is 0.847. The standard InChI is InChI=1S/C15H7F3O4/c16-9-2-1-7(13(17)14(9)18)8-5-22-11-4-6(19)3-10(20)12(11)15(8)21/h1-5,19-20H. The van der Waals surface area contributed by atoms with Crippen molar-refractivity contribution in [3.63, 3.8) is 0 Å². The number of aromatic hydroxyl groups is 2. The van der Waals surface area contributed by atoms with E-state index in [-0.39, 0.29) is 22.3 Å². The molecule has 112 valence electrons. The zero-order valence-electron chi connectivity index (χ0n) is 10.7. The first-order valence-corrected chi connectivity index (χ1v) is 6.01. The van der Waals surface area contributed by atoms with Crippen molar-refractivity contribution in [1.29, 1.82) is 0 Å². The van der Waals surface area contributed by atoms with Gasteiger partial charge in [0.1, 0.15) is 28.7 Å². The van der Waals surface area contributed by atoms with Crippen molar-refractivity contribution in [1.82, 2.24) is 0 Å². The molecule has 3 aromatic rings. The summed E-state index contributed by atoms with van der Waals surface area (Å²) >= 11 is 0. The molecule has 0 unspecified atom stereocenters. The van der Waals surface area contributed by atoms with Gasteiger partial charge in [0.15, 0.2) is 17.5 Å². The summed E-state index contributed by atoms with van der Waals surface area (Å²) in [5.74, 6) is -5.55. The van der Waals surface area contributed by atoms with Gasteiger partial charge >= 0.3 is 0 Å². The molecule has 2 N–H and O–H groups in total. The second-order valence-electron chi connectivity index (χ2n) is 4.54. The van der Waals surface area contributed by atoms with Gasteiger partial charge in [-0.15, -0.1) is 0 Å². The average Bonchev–Trinajstić information content (AvgIpc) is 2.45.